The average molecular weight is 684 g/mol. The Morgan fingerprint density at radius 2 is 1.48 bits per heavy atom. The Hall–Kier alpha value is -2.89. The fraction of sp³-hybridized carbons (Fsp3) is 0.356. The molecule has 2 unspecified atom stereocenters. The van der Waals surface area contributed by atoms with Gasteiger partial charge in [0.15, 0.2) is 0 Å². The van der Waals surface area contributed by atoms with Crippen molar-refractivity contribution in [1.29, 1.82) is 0 Å². The van der Waals surface area contributed by atoms with Crippen LogP contribution in [0.15, 0.2) is 103 Å². The van der Waals surface area contributed by atoms with Crippen molar-refractivity contribution >= 4 is 3.21 Å². The van der Waals surface area contributed by atoms with Crippen LogP contribution in [0.5, 0.6) is 0 Å². The van der Waals surface area contributed by atoms with E-state index in [2.05, 4.69) is 138 Å². The third-order valence-corrected chi connectivity index (χ3v) is 10.5. The summed E-state index contributed by atoms with van der Waals surface area (Å²) >= 11 is 1.67. The minimum absolute atomic E-state index is 0.538. The van der Waals surface area contributed by atoms with E-state index in [-0.39, 0.29) is 0 Å². The number of hydrogen-bond acceptors (Lipinski definition) is 0. The zero-order valence-corrected chi connectivity index (χ0v) is 31.3. The summed E-state index contributed by atoms with van der Waals surface area (Å²) in [6, 6.07) is 34.8. The molecule has 0 aliphatic heterocycles. The van der Waals surface area contributed by atoms with Gasteiger partial charge in [0.1, 0.15) is 0 Å². The standard InChI is InChI=1S/C31H29.C9H18.C5H5.Zr/c1-21(23(3)25-10-6-4-7-11-25)16-24-14-15-29-28(18-24)19-27-17-22(2)30(20-31(27)29)26-12-8-5-9-13-26;1-3-5-7-9-8-6-4-2;1-2-4-5-3-1;/h4-15,17,20-21,23H,16,19H2,1-3H3;3-8H2,1-2H3;1-3H,4H2;/q-1;;-1;+2. The van der Waals surface area contributed by atoms with E-state index in [4.69, 9.17) is 0 Å². The summed E-state index contributed by atoms with van der Waals surface area (Å²) < 4.78 is 1.79. The van der Waals surface area contributed by atoms with Gasteiger partial charge in [-0.2, -0.15) is 29.8 Å². The van der Waals surface area contributed by atoms with Crippen LogP contribution in [0.1, 0.15) is 106 Å². The van der Waals surface area contributed by atoms with Crippen LogP contribution >= 0.6 is 0 Å². The van der Waals surface area contributed by atoms with E-state index in [9.17, 15) is 0 Å². The van der Waals surface area contributed by atoms with Crippen molar-refractivity contribution in [3.63, 3.8) is 0 Å². The predicted octanol–water partition coefficient (Wildman–Crippen LogP) is 12.4. The summed E-state index contributed by atoms with van der Waals surface area (Å²) in [6.07, 6.45) is 20.4. The maximum atomic E-state index is 3.79. The Morgan fingerprint density at radius 1 is 0.804 bits per heavy atom. The van der Waals surface area contributed by atoms with Crippen LogP contribution in [0.4, 0.5) is 0 Å². The number of aryl methyl sites for hydroxylation is 1. The zero-order chi connectivity index (χ0) is 32.7. The van der Waals surface area contributed by atoms with Crippen LogP contribution in [0.2, 0.25) is 0 Å². The Bertz CT molecular complexity index is 1550. The fourth-order valence-electron chi connectivity index (χ4n) is 6.24. The quantitative estimate of drug-likeness (QED) is 0.122. The molecule has 236 valence electrons. The second-order valence-electron chi connectivity index (χ2n) is 12.9. The molecule has 0 N–H and O–H groups in total. The number of benzene rings is 4. The molecule has 46 heavy (non-hydrogen) atoms. The average Bonchev–Trinajstić information content (AvgIpc) is 3.78. The number of unbranched alkanes of at least 4 members (excludes halogenated alkanes) is 2. The minimum atomic E-state index is 0.538. The van der Waals surface area contributed by atoms with Crippen molar-refractivity contribution in [1.82, 2.24) is 0 Å². The summed E-state index contributed by atoms with van der Waals surface area (Å²) in [5.74, 6) is 1.11. The van der Waals surface area contributed by atoms with Gasteiger partial charge >= 0.3 is 79.8 Å². The van der Waals surface area contributed by atoms with Gasteiger partial charge in [-0.05, 0) is 59.4 Å². The molecule has 0 radical (unpaired) electrons. The van der Waals surface area contributed by atoms with Crippen LogP contribution in [0.25, 0.3) is 22.3 Å². The van der Waals surface area contributed by atoms with Crippen molar-refractivity contribution in [2.45, 2.75) is 98.3 Å². The normalized spacial score (nSPS) is 13.5. The number of hydrogen-bond donors (Lipinski definition) is 0. The summed E-state index contributed by atoms with van der Waals surface area (Å²) in [4.78, 5) is 0. The minimum Gasteiger partial charge on any atom is -0.273 e. The monoisotopic (exact) mass is 682 g/mol. The van der Waals surface area contributed by atoms with Crippen LogP contribution in [0, 0.1) is 25.0 Å². The first kappa shape index (κ1) is 36.0. The van der Waals surface area contributed by atoms with Gasteiger partial charge in [0.05, 0.1) is 0 Å². The molecule has 2 aliphatic rings. The van der Waals surface area contributed by atoms with Crippen molar-refractivity contribution in [2.24, 2.45) is 5.92 Å². The maximum Gasteiger partial charge on any atom is -0.0159 e. The van der Waals surface area contributed by atoms with E-state index in [0.29, 0.717) is 11.8 Å². The molecule has 4 aromatic rings. The molecule has 0 heterocycles. The predicted molar refractivity (Wildman–Crippen MR) is 197 cm³/mol. The van der Waals surface area contributed by atoms with E-state index < -0.39 is 0 Å². The number of allylic oxidation sites excluding steroid dienone is 4. The summed E-state index contributed by atoms with van der Waals surface area (Å²) in [5.41, 5.74) is 12.3. The third kappa shape index (κ3) is 10.6. The molecule has 0 fully saturated rings. The Kier molecular flexibility index (Phi) is 14.9. The molecule has 0 spiro atoms. The molecule has 0 amide bonds. The number of rotatable bonds is 11. The molecule has 2 aliphatic carbocycles. The largest absolute Gasteiger partial charge is 0.273 e. The summed E-state index contributed by atoms with van der Waals surface area (Å²) in [5, 5.41) is 0. The molecular weight excluding hydrogens is 632 g/mol. The topological polar surface area (TPSA) is 0 Å². The van der Waals surface area contributed by atoms with Gasteiger partial charge < -0.3 is 0 Å². The molecule has 1 heteroatoms. The molecule has 2 atom stereocenters. The molecule has 0 aromatic heterocycles. The van der Waals surface area contributed by atoms with E-state index in [1.807, 2.05) is 12.2 Å². The number of fused-ring (bicyclic) bond motifs is 3. The molecule has 6 rings (SSSR count). The third-order valence-electron chi connectivity index (χ3n) is 9.25. The first-order chi connectivity index (χ1) is 22.4. The molecular formula is C45H52Zr. The molecule has 4 aromatic carbocycles. The SMILES string of the molecule is CCCC[C](=[Zr+2])CCCC.Cc1cc2c(cc1-c1ccccc1)-c1ccc(CC(C)C(C)c3ccccc3)[c-]c1C2.[C-]1=CC=CC1. The fourth-order valence-corrected chi connectivity index (χ4v) is 7.11. The van der Waals surface area contributed by atoms with Gasteiger partial charge in [-0.1, -0.05) is 92.2 Å². The van der Waals surface area contributed by atoms with Gasteiger partial charge in [0, 0.05) is 0 Å². The van der Waals surface area contributed by atoms with E-state index in [0.717, 1.165) is 19.3 Å². The van der Waals surface area contributed by atoms with E-state index in [1.54, 1.807) is 27.4 Å². The Labute approximate surface area is 295 Å². The van der Waals surface area contributed by atoms with E-state index >= 15 is 0 Å². The Morgan fingerprint density at radius 3 is 2.07 bits per heavy atom. The van der Waals surface area contributed by atoms with Crippen LogP contribution in [0.3, 0.4) is 0 Å². The molecule has 0 bridgehead atoms. The van der Waals surface area contributed by atoms with Gasteiger partial charge in [-0.3, -0.25) is 6.08 Å². The van der Waals surface area contributed by atoms with Crippen LogP contribution in [-0.4, -0.2) is 3.21 Å². The second-order valence-corrected chi connectivity index (χ2v) is 14.7. The first-order valence-electron chi connectivity index (χ1n) is 17.5. The second kappa shape index (κ2) is 19.1. The first-order valence-corrected chi connectivity index (χ1v) is 18.7. The van der Waals surface area contributed by atoms with Gasteiger partial charge in [-0.25, -0.2) is 12.2 Å². The van der Waals surface area contributed by atoms with E-state index in [1.165, 1.54) is 88.6 Å². The molecule has 0 saturated carbocycles. The van der Waals surface area contributed by atoms with Crippen LogP contribution < -0.4 is 0 Å². The summed E-state index contributed by atoms with van der Waals surface area (Å²) in [7, 11) is 0. The zero-order valence-electron chi connectivity index (χ0n) is 28.8. The van der Waals surface area contributed by atoms with Crippen molar-refractivity contribution in [2.75, 3.05) is 0 Å². The van der Waals surface area contributed by atoms with Crippen LogP contribution in [-0.2, 0) is 37.1 Å². The molecule has 0 saturated heterocycles. The van der Waals surface area contributed by atoms with Gasteiger partial charge in [-0.15, -0.1) is 17.5 Å². The van der Waals surface area contributed by atoms with Gasteiger partial charge in [0.25, 0.3) is 0 Å². The van der Waals surface area contributed by atoms with Crippen molar-refractivity contribution in [3.05, 3.63) is 143 Å². The smallest absolute Gasteiger partial charge is 0.0159 e. The molecule has 0 nitrogen and oxygen atoms in total. The summed E-state index contributed by atoms with van der Waals surface area (Å²) in [6.45, 7) is 11.5. The maximum absolute atomic E-state index is 3.79. The van der Waals surface area contributed by atoms with Gasteiger partial charge in [0.2, 0.25) is 0 Å². The van der Waals surface area contributed by atoms with Crippen molar-refractivity contribution < 1.29 is 24.2 Å². The Balaban J connectivity index is 0.000000265. The van der Waals surface area contributed by atoms with Crippen molar-refractivity contribution in [3.8, 4) is 22.3 Å².